The number of carboxylic acids is 1. The van der Waals surface area contributed by atoms with Crippen molar-refractivity contribution in [1.82, 2.24) is 9.80 Å². The lowest BCUT2D eigenvalue weighted by Crippen LogP contribution is -2.54. The zero-order valence-electron chi connectivity index (χ0n) is 12.5. The van der Waals surface area contributed by atoms with Gasteiger partial charge in [-0.05, 0) is 30.5 Å². The van der Waals surface area contributed by atoms with E-state index in [0.717, 1.165) is 31.7 Å². The van der Waals surface area contributed by atoms with Crippen LogP contribution in [0.5, 0.6) is 0 Å². The van der Waals surface area contributed by atoms with E-state index in [1.54, 1.807) is 0 Å². The van der Waals surface area contributed by atoms with Crippen molar-refractivity contribution >= 4 is 5.97 Å². The van der Waals surface area contributed by atoms with Gasteiger partial charge in [0.25, 0.3) is 0 Å². The Balaban J connectivity index is 1.65. The van der Waals surface area contributed by atoms with Crippen LogP contribution in [0.3, 0.4) is 0 Å². The maximum Gasteiger partial charge on any atom is 0.307 e. The lowest BCUT2D eigenvalue weighted by atomic mass is 9.98. The van der Waals surface area contributed by atoms with E-state index in [2.05, 4.69) is 15.9 Å². The Morgan fingerprint density at radius 1 is 1.14 bits per heavy atom. The molecule has 4 heteroatoms. The molecule has 0 saturated carbocycles. The lowest BCUT2D eigenvalue weighted by molar-refractivity contribution is -0.136. The SMILES string of the molecule is O=C(O)Cc1ccccc1CN1CCN2CCCCC2C1. The van der Waals surface area contributed by atoms with Gasteiger partial charge in [0.15, 0.2) is 0 Å². The maximum atomic E-state index is 11.0. The predicted octanol–water partition coefficient (Wildman–Crippen LogP) is 1.98. The summed E-state index contributed by atoms with van der Waals surface area (Å²) in [5, 5.41) is 9.03. The van der Waals surface area contributed by atoms with Crippen LogP contribution in [0.25, 0.3) is 0 Å². The van der Waals surface area contributed by atoms with Crippen LogP contribution < -0.4 is 0 Å². The number of benzene rings is 1. The highest BCUT2D eigenvalue weighted by atomic mass is 16.4. The molecule has 2 fully saturated rings. The molecule has 0 spiro atoms. The largest absolute Gasteiger partial charge is 0.481 e. The molecule has 114 valence electrons. The summed E-state index contributed by atoms with van der Waals surface area (Å²) in [4.78, 5) is 16.1. The van der Waals surface area contributed by atoms with Crippen LogP contribution in [-0.2, 0) is 17.8 Å². The molecule has 0 aliphatic carbocycles. The molecule has 2 aliphatic heterocycles. The van der Waals surface area contributed by atoms with Gasteiger partial charge in [-0.2, -0.15) is 0 Å². The molecule has 4 nitrogen and oxygen atoms in total. The summed E-state index contributed by atoms with van der Waals surface area (Å²) >= 11 is 0. The van der Waals surface area contributed by atoms with Crippen LogP contribution in [0.2, 0.25) is 0 Å². The molecule has 1 aromatic carbocycles. The standard InChI is InChI=1S/C17H24N2O2/c20-17(21)11-14-5-1-2-6-15(14)12-18-9-10-19-8-4-3-7-16(19)13-18/h1-2,5-6,16H,3-4,7-13H2,(H,20,21). The number of aliphatic carboxylic acids is 1. The Bertz CT molecular complexity index is 503. The molecule has 2 heterocycles. The number of piperidine rings is 1. The summed E-state index contributed by atoms with van der Waals surface area (Å²) in [7, 11) is 0. The van der Waals surface area contributed by atoms with E-state index < -0.39 is 5.97 Å². The predicted molar refractivity (Wildman–Crippen MR) is 82.3 cm³/mol. The number of piperazine rings is 1. The summed E-state index contributed by atoms with van der Waals surface area (Å²) in [5.41, 5.74) is 2.13. The molecule has 21 heavy (non-hydrogen) atoms. The van der Waals surface area contributed by atoms with Crippen molar-refractivity contribution in [2.75, 3.05) is 26.2 Å². The topological polar surface area (TPSA) is 43.8 Å². The Hall–Kier alpha value is -1.39. The average Bonchev–Trinajstić information content (AvgIpc) is 2.49. The van der Waals surface area contributed by atoms with Gasteiger partial charge in [0.05, 0.1) is 6.42 Å². The van der Waals surface area contributed by atoms with Crippen molar-refractivity contribution in [3.63, 3.8) is 0 Å². The monoisotopic (exact) mass is 288 g/mol. The fourth-order valence-electron chi connectivity index (χ4n) is 3.65. The first-order valence-electron chi connectivity index (χ1n) is 7.97. The van der Waals surface area contributed by atoms with E-state index in [1.807, 2.05) is 18.2 Å². The molecule has 1 unspecified atom stereocenters. The number of carbonyl (C=O) groups is 1. The average molecular weight is 288 g/mol. The second-order valence-corrected chi connectivity index (χ2v) is 6.26. The quantitative estimate of drug-likeness (QED) is 0.920. The molecule has 3 rings (SSSR count). The van der Waals surface area contributed by atoms with E-state index in [-0.39, 0.29) is 6.42 Å². The molecular weight excluding hydrogens is 264 g/mol. The minimum Gasteiger partial charge on any atom is -0.481 e. The van der Waals surface area contributed by atoms with E-state index in [0.29, 0.717) is 6.04 Å². The van der Waals surface area contributed by atoms with Crippen LogP contribution in [0.4, 0.5) is 0 Å². The highest BCUT2D eigenvalue weighted by Gasteiger charge is 2.28. The Morgan fingerprint density at radius 2 is 1.95 bits per heavy atom. The maximum absolute atomic E-state index is 11.0. The summed E-state index contributed by atoms with van der Waals surface area (Å²) in [6.45, 7) is 5.52. The van der Waals surface area contributed by atoms with Gasteiger partial charge in [0, 0.05) is 32.2 Å². The summed E-state index contributed by atoms with van der Waals surface area (Å²) in [5.74, 6) is -0.750. The molecule has 1 atom stereocenters. The van der Waals surface area contributed by atoms with Crippen molar-refractivity contribution in [2.24, 2.45) is 0 Å². The van der Waals surface area contributed by atoms with E-state index >= 15 is 0 Å². The number of hydrogen-bond acceptors (Lipinski definition) is 3. The summed E-state index contributed by atoms with van der Waals surface area (Å²) in [6, 6.07) is 8.67. The summed E-state index contributed by atoms with van der Waals surface area (Å²) in [6.07, 6.45) is 4.13. The van der Waals surface area contributed by atoms with Gasteiger partial charge in [-0.15, -0.1) is 0 Å². The van der Waals surface area contributed by atoms with Gasteiger partial charge in [0.2, 0.25) is 0 Å². The van der Waals surface area contributed by atoms with Crippen molar-refractivity contribution in [2.45, 2.75) is 38.3 Å². The molecular formula is C17H24N2O2. The Morgan fingerprint density at radius 3 is 2.76 bits per heavy atom. The normalized spacial score (nSPS) is 23.7. The molecule has 0 aromatic heterocycles. The number of fused-ring (bicyclic) bond motifs is 1. The van der Waals surface area contributed by atoms with Crippen molar-refractivity contribution in [1.29, 1.82) is 0 Å². The fourth-order valence-corrected chi connectivity index (χ4v) is 3.65. The van der Waals surface area contributed by atoms with Crippen LogP contribution in [0, 0.1) is 0 Å². The highest BCUT2D eigenvalue weighted by molar-refractivity contribution is 5.70. The van der Waals surface area contributed by atoms with E-state index in [9.17, 15) is 4.79 Å². The number of nitrogens with zero attached hydrogens (tertiary/aromatic N) is 2. The Labute approximate surface area is 126 Å². The van der Waals surface area contributed by atoms with Gasteiger partial charge in [-0.1, -0.05) is 30.7 Å². The zero-order chi connectivity index (χ0) is 14.7. The molecule has 2 aliphatic rings. The molecule has 0 radical (unpaired) electrons. The van der Waals surface area contributed by atoms with Crippen LogP contribution in [-0.4, -0.2) is 53.1 Å². The van der Waals surface area contributed by atoms with Gasteiger partial charge in [0.1, 0.15) is 0 Å². The van der Waals surface area contributed by atoms with Gasteiger partial charge in [-0.25, -0.2) is 0 Å². The smallest absolute Gasteiger partial charge is 0.307 e. The Kier molecular flexibility index (Phi) is 4.56. The molecule has 2 saturated heterocycles. The van der Waals surface area contributed by atoms with Gasteiger partial charge in [-0.3, -0.25) is 14.6 Å². The summed E-state index contributed by atoms with van der Waals surface area (Å²) < 4.78 is 0. The minimum atomic E-state index is -0.750. The van der Waals surface area contributed by atoms with Crippen LogP contribution >= 0.6 is 0 Å². The second kappa shape index (κ2) is 6.58. The lowest BCUT2D eigenvalue weighted by Gasteiger charge is -2.44. The minimum absolute atomic E-state index is 0.125. The first kappa shape index (κ1) is 14.5. The third-order valence-corrected chi connectivity index (χ3v) is 4.78. The van der Waals surface area contributed by atoms with Crippen LogP contribution in [0.1, 0.15) is 30.4 Å². The van der Waals surface area contributed by atoms with Gasteiger partial charge < -0.3 is 5.11 Å². The molecule has 1 aromatic rings. The van der Waals surface area contributed by atoms with Crippen molar-refractivity contribution < 1.29 is 9.90 Å². The van der Waals surface area contributed by atoms with E-state index in [4.69, 9.17) is 5.11 Å². The number of rotatable bonds is 4. The molecule has 0 amide bonds. The zero-order valence-corrected chi connectivity index (χ0v) is 12.5. The second-order valence-electron chi connectivity index (χ2n) is 6.26. The molecule has 1 N–H and O–H groups in total. The van der Waals surface area contributed by atoms with Crippen molar-refractivity contribution in [3.05, 3.63) is 35.4 Å². The number of carboxylic acid groups (broad SMARTS) is 1. The van der Waals surface area contributed by atoms with E-state index in [1.165, 1.54) is 31.4 Å². The first-order valence-corrected chi connectivity index (χ1v) is 7.97. The fraction of sp³-hybridized carbons (Fsp3) is 0.588. The third-order valence-electron chi connectivity index (χ3n) is 4.78. The number of hydrogen-bond donors (Lipinski definition) is 1. The van der Waals surface area contributed by atoms with Gasteiger partial charge >= 0.3 is 5.97 Å². The van der Waals surface area contributed by atoms with Crippen LogP contribution in [0.15, 0.2) is 24.3 Å². The first-order chi connectivity index (χ1) is 10.2. The van der Waals surface area contributed by atoms with Crippen molar-refractivity contribution in [3.8, 4) is 0 Å². The molecule has 0 bridgehead atoms. The third kappa shape index (κ3) is 3.63. The highest BCUT2D eigenvalue weighted by Crippen LogP contribution is 2.23.